The molecule has 0 radical (unpaired) electrons. The molecule has 0 aromatic carbocycles. The molecule has 0 aliphatic rings. The predicted molar refractivity (Wildman–Crippen MR) is 64.9 cm³/mol. The van der Waals surface area contributed by atoms with E-state index in [0.29, 0.717) is 0 Å². The highest BCUT2D eigenvalue weighted by molar-refractivity contribution is 7.92. The molecule has 0 saturated heterocycles. The van der Waals surface area contributed by atoms with Crippen molar-refractivity contribution in [3.05, 3.63) is 0 Å². The van der Waals surface area contributed by atoms with Crippen molar-refractivity contribution in [3.8, 4) is 0 Å². The van der Waals surface area contributed by atoms with Crippen LogP contribution in [0.4, 0.5) is 0 Å². The zero-order chi connectivity index (χ0) is 14.3. The minimum atomic E-state index is -3.72. The molecule has 106 valence electrons. The molecular weight excluding hydrogens is 262 g/mol. The largest absolute Gasteiger partial charge is 0.481 e. The van der Waals surface area contributed by atoms with Crippen LogP contribution < -0.4 is 5.32 Å². The van der Waals surface area contributed by atoms with Crippen molar-refractivity contribution in [1.82, 2.24) is 5.32 Å². The molecule has 7 nitrogen and oxygen atoms in total. The van der Waals surface area contributed by atoms with E-state index in [2.05, 4.69) is 5.32 Å². The van der Waals surface area contributed by atoms with E-state index in [4.69, 9.17) is 9.84 Å². The summed E-state index contributed by atoms with van der Waals surface area (Å²) in [6, 6.07) is -0.297. The van der Waals surface area contributed by atoms with Crippen LogP contribution in [-0.4, -0.2) is 56.7 Å². The molecule has 2 atom stereocenters. The summed E-state index contributed by atoms with van der Waals surface area (Å²) in [4.78, 5) is 21.9. The average molecular weight is 281 g/mol. The van der Waals surface area contributed by atoms with Crippen LogP contribution in [-0.2, 0) is 24.2 Å². The van der Waals surface area contributed by atoms with Gasteiger partial charge < -0.3 is 15.2 Å². The van der Waals surface area contributed by atoms with Gasteiger partial charge in [0.2, 0.25) is 5.91 Å². The number of rotatable bonds is 8. The molecule has 8 heteroatoms. The Morgan fingerprint density at radius 1 is 1.33 bits per heavy atom. The van der Waals surface area contributed by atoms with Gasteiger partial charge in [0, 0.05) is 13.2 Å². The fourth-order valence-electron chi connectivity index (χ4n) is 1.32. The summed E-state index contributed by atoms with van der Waals surface area (Å²) in [6.07, 6.45) is 0. The molecule has 0 aliphatic heterocycles. The van der Waals surface area contributed by atoms with E-state index in [9.17, 15) is 18.0 Å². The number of hydrogen-bond acceptors (Lipinski definition) is 5. The number of carbonyl (C=O) groups excluding carboxylic acids is 1. The minimum absolute atomic E-state index is 0.275. The fraction of sp³-hybridized carbons (Fsp3) is 0.800. The third-order valence-corrected chi connectivity index (χ3v) is 3.81. The number of carbonyl (C=O) groups is 2. The van der Waals surface area contributed by atoms with Crippen molar-refractivity contribution in [3.63, 3.8) is 0 Å². The molecule has 0 aromatic heterocycles. The Hall–Kier alpha value is -1.15. The first kappa shape index (κ1) is 16.9. The summed E-state index contributed by atoms with van der Waals surface area (Å²) < 4.78 is 27.9. The molecule has 0 saturated carbocycles. The molecule has 0 heterocycles. The second-order valence-corrected chi connectivity index (χ2v) is 6.33. The Balaban J connectivity index is 4.32. The second kappa shape index (κ2) is 7.32. The standard InChI is InChI=1S/C10H19NO6S/c1-7(10(13)14)5-18(15,16)6-9(12)11-8(2)4-17-3/h7-8H,4-6H2,1-3H3,(H,11,12)(H,13,14). The lowest BCUT2D eigenvalue weighted by Crippen LogP contribution is -2.40. The van der Waals surface area contributed by atoms with Gasteiger partial charge in [-0.3, -0.25) is 9.59 Å². The normalized spacial score (nSPS) is 14.8. The summed E-state index contributed by atoms with van der Waals surface area (Å²) >= 11 is 0. The van der Waals surface area contributed by atoms with Crippen LogP contribution in [0.5, 0.6) is 0 Å². The molecular formula is C10H19NO6S. The molecule has 0 spiro atoms. The van der Waals surface area contributed by atoms with Gasteiger partial charge in [-0.25, -0.2) is 8.42 Å². The summed E-state index contributed by atoms with van der Waals surface area (Å²) in [7, 11) is -2.25. The van der Waals surface area contributed by atoms with E-state index in [1.54, 1.807) is 6.92 Å². The Morgan fingerprint density at radius 2 is 1.89 bits per heavy atom. The first-order valence-corrected chi connectivity index (χ1v) is 7.21. The maximum atomic E-state index is 11.5. The number of carboxylic acids is 1. The lowest BCUT2D eigenvalue weighted by molar-refractivity contribution is -0.140. The highest BCUT2D eigenvalue weighted by atomic mass is 32.2. The number of nitrogens with one attached hydrogen (secondary N) is 1. The molecule has 0 rings (SSSR count). The maximum Gasteiger partial charge on any atom is 0.307 e. The van der Waals surface area contributed by atoms with E-state index >= 15 is 0 Å². The number of carboxylic acid groups (broad SMARTS) is 1. The van der Waals surface area contributed by atoms with E-state index < -0.39 is 39.1 Å². The van der Waals surface area contributed by atoms with Crippen LogP contribution in [0.15, 0.2) is 0 Å². The maximum absolute atomic E-state index is 11.5. The zero-order valence-corrected chi connectivity index (χ0v) is 11.5. The van der Waals surface area contributed by atoms with Gasteiger partial charge >= 0.3 is 5.97 Å². The van der Waals surface area contributed by atoms with Gasteiger partial charge in [-0.2, -0.15) is 0 Å². The van der Waals surface area contributed by atoms with Crippen molar-refractivity contribution in [2.24, 2.45) is 5.92 Å². The smallest absolute Gasteiger partial charge is 0.307 e. The van der Waals surface area contributed by atoms with Crippen LogP contribution in [0.25, 0.3) is 0 Å². The Bertz CT molecular complexity index is 391. The third kappa shape index (κ3) is 7.23. The zero-order valence-electron chi connectivity index (χ0n) is 10.7. The van der Waals surface area contributed by atoms with Crippen molar-refractivity contribution >= 4 is 21.7 Å². The molecule has 0 bridgehead atoms. The fourth-order valence-corrected chi connectivity index (χ4v) is 2.82. The SMILES string of the molecule is COCC(C)NC(=O)CS(=O)(=O)CC(C)C(=O)O. The van der Waals surface area contributed by atoms with Gasteiger partial charge in [-0.1, -0.05) is 6.92 Å². The first-order chi connectivity index (χ1) is 8.18. The van der Waals surface area contributed by atoms with Crippen molar-refractivity contribution in [2.45, 2.75) is 19.9 Å². The predicted octanol–water partition coefficient (Wildman–Crippen LogP) is -0.727. The number of aliphatic carboxylic acids is 1. The quantitative estimate of drug-likeness (QED) is 0.607. The third-order valence-electron chi connectivity index (χ3n) is 2.10. The molecule has 0 fully saturated rings. The number of hydrogen-bond donors (Lipinski definition) is 2. The molecule has 2 unspecified atom stereocenters. The molecule has 1 amide bonds. The average Bonchev–Trinajstić information content (AvgIpc) is 2.14. The van der Waals surface area contributed by atoms with Crippen LogP contribution in [0.1, 0.15) is 13.8 Å². The van der Waals surface area contributed by atoms with E-state index in [1.165, 1.54) is 14.0 Å². The molecule has 0 aromatic rings. The second-order valence-electron chi connectivity index (χ2n) is 4.22. The molecule has 0 aliphatic carbocycles. The Labute approximate surface area is 106 Å². The summed E-state index contributed by atoms with van der Waals surface area (Å²) in [5, 5.41) is 11.1. The minimum Gasteiger partial charge on any atom is -0.481 e. The molecule has 18 heavy (non-hydrogen) atoms. The van der Waals surface area contributed by atoms with Crippen LogP contribution in [0.3, 0.4) is 0 Å². The number of sulfone groups is 1. The van der Waals surface area contributed by atoms with Gasteiger partial charge in [0.25, 0.3) is 0 Å². The number of ether oxygens (including phenoxy) is 1. The molecule has 2 N–H and O–H groups in total. The van der Waals surface area contributed by atoms with Crippen LogP contribution in [0.2, 0.25) is 0 Å². The lowest BCUT2D eigenvalue weighted by atomic mass is 10.2. The van der Waals surface area contributed by atoms with Gasteiger partial charge in [0.05, 0.1) is 18.3 Å². The number of methoxy groups -OCH3 is 1. The van der Waals surface area contributed by atoms with Gasteiger partial charge in [-0.05, 0) is 6.92 Å². The van der Waals surface area contributed by atoms with Crippen LogP contribution >= 0.6 is 0 Å². The van der Waals surface area contributed by atoms with E-state index in [0.717, 1.165) is 0 Å². The van der Waals surface area contributed by atoms with Crippen molar-refractivity contribution in [2.75, 3.05) is 25.2 Å². The number of amides is 1. The topological polar surface area (TPSA) is 110 Å². The van der Waals surface area contributed by atoms with Gasteiger partial charge in [0.1, 0.15) is 5.75 Å². The van der Waals surface area contributed by atoms with E-state index in [-0.39, 0.29) is 12.6 Å². The Morgan fingerprint density at radius 3 is 2.33 bits per heavy atom. The summed E-state index contributed by atoms with van der Waals surface area (Å²) in [5.74, 6) is -4.14. The van der Waals surface area contributed by atoms with Gasteiger partial charge in [0.15, 0.2) is 9.84 Å². The lowest BCUT2D eigenvalue weighted by Gasteiger charge is -2.13. The summed E-state index contributed by atoms with van der Waals surface area (Å²) in [6.45, 7) is 3.23. The van der Waals surface area contributed by atoms with Gasteiger partial charge in [-0.15, -0.1) is 0 Å². The Kier molecular flexibility index (Phi) is 6.85. The van der Waals surface area contributed by atoms with E-state index in [1.807, 2.05) is 0 Å². The van der Waals surface area contributed by atoms with Crippen LogP contribution in [0, 0.1) is 5.92 Å². The monoisotopic (exact) mass is 281 g/mol. The highest BCUT2D eigenvalue weighted by Crippen LogP contribution is 2.02. The highest BCUT2D eigenvalue weighted by Gasteiger charge is 2.24. The summed E-state index contributed by atoms with van der Waals surface area (Å²) in [5.41, 5.74) is 0. The first-order valence-electron chi connectivity index (χ1n) is 5.39. The van der Waals surface area contributed by atoms with Crippen molar-refractivity contribution in [1.29, 1.82) is 0 Å². The van der Waals surface area contributed by atoms with Crippen molar-refractivity contribution < 1.29 is 27.9 Å².